The number of halogens is 1. The first-order chi connectivity index (χ1) is 13.5. The molecule has 3 nitrogen and oxygen atoms in total. The predicted octanol–water partition coefficient (Wildman–Crippen LogP) is 6.99. The number of carbonyl (C=O) groups excluding carboxylic acids is 1. The van der Waals surface area contributed by atoms with Gasteiger partial charge in [0, 0.05) is 11.1 Å². The highest BCUT2D eigenvalue weighted by Crippen LogP contribution is 2.32. The van der Waals surface area contributed by atoms with Gasteiger partial charge in [-0.1, -0.05) is 55.8 Å². The monoisotopic (exact) mass is 406 g/mol. The fourth-order valence-electron chi connectivity index (χ4n) is 3.09. The van der Waals surface area contributed by atoms with E-state index in [1.807, 2.05) is 66.7 Å². The summed E-state index contributed by atoms with van der Waals surface area (Å²) in [6.45, 7) is 4.30. The number of benzene rings is 2. The maximum absolute atomic E-state index is 13.1. The zero-order chi connectivity index (χ0) is 19.7. The SMILES string of the molecule is CC(C)c1ccc(NC(=O)c2cc(-c3ccc(Cl)s3)nc3ccccc23)cc1. The molecule has 0 aliphatic rings. The number of nitrogens with one attached hydrogen (secondary N) is 1. The molecule has 4 aromatic rings. The van der Waals surface area contributed by atoms with Crippen LogP contribution in [0, 0.1) is 0 Å². The third-order valence-electron chi connectivity index (χ3n) is 4.62. The largest absolute Gasteiger partial charge is 0.322 e. The average molecular weight is 407 g/mol. The van der Waals surface area contributed by atoms with Crippen molar-refractivity contribution in [1.82, 2.24) is 4.98 Å². The lowest BCUT2D eigenvalue weighted by molar-refractivity contribution is 0.102. The fraction of sp³-hybridized carbons (Fsp3) is 0.130. The number of pyridine rings is 1. The molecule has 0 aliphatic heterocycles. The van der Waals surface area contributed by atoms with E-state index >= 15 is 0 Å². The summed E-state index contributed by atoms with van der Waals surface area (Å²) < 4.78 is 0.696. The topological polar surface area (TPSA) is 42.0 Å². The Morgan fingerprint density at radius 3 is 2.46 bits per heavy atom. The Kier molecular flexibility index (Phi) is 5.16. The molecule has 0 fully saturated rings. The first-order valence-corrected chi connectivity index (χ1v) is 10.3. The zero-order valence-electron chi connectivity index (χ0n) is 15.6. The Morgan fingerprint density at radius 1 is 1.04 bits per heavy atom. The van der Waals surface area contributed by atoms with Gasteiger partial charge in [0.15, 0.2) is 0 Å². The van der Waals surface area contributed by atoms with Crippen molar-refractivity contribution in [1.29, 1.82) is 0 Å². The summed E-state index contributed by atoms with van der Waals surface area (Å²) in [6, 6.07) is 21.3. The van der Waals surface area contributed by atoms with Gasteiger partial charge in [0.05, 0.1) is 26.0 Å². The van der Waals surface area contributed by atoms with Gasteiger partial charge in [-0.25, -0.2) is 4.98 Å². The standard InChI is InChI=1S/C23H19ClN2OS/c1-14(2)15-7-9-16(10-8-15)25-23(27)18-13-20(21-11-12-22(24)28-21)26-19-6-4-3-5-17(18)19/h3-14H,1-2H3,(H,25,27). The Hall–Kier alpha value is -2.69. The van der Waals surface area contributed by atoms with Gasteiger partial charge in [0.2, 0.25) is 0 Å². The first-order valence-electron chi connectivity index (χ1n) is 9.08. The minimum absolute atomic E-state index is 0.153. The predicted molar refractivity (Wildman–Crippen MR) is 119 cm³/mol. The summed E-state index contributed by atoms with van der Waals surface area (Å²) in [4.78, 5) is 18.7. The lowest BCUT2D eigenvalue weighted by atomic mass is 10.0. The van der Waals surface area contributed by atoms with E-state index in [4.69, 9.17) is 16.6 Å². The van der Waals surface area contributed by atoms with Crippen LogP contribution < -0.4 is 5.32 Å². The van der Waals surface area contributed by atoms with Gasteiger partial charge >= 0.3 is 0 Å². The normalized spacial score (nSPS) is 11.1. The number of thiophene rings is 1. The number of anilines is 1. The lowest BCUT2D eigenvalue weighted by Gasteiger charge is -2.11. The summed E-state index contributed by atoms with van der Waals surface area (Å²) in [5.41, 5.74) is 4.14. The number of fused-ring (bicyclic) bond motifs is 1. The van der Waals surface area contributed by atoms with Crippen molar-refractivity contribution in [3.05, 3.63) is 82.2 Å². The molecule has 1 N–H and O–H groups in total. The number of hydrogen-bond acceptors (Lipinski definition) is 3. The van der Waals surface area contributed by atoms with Gasteiger partial charge in [-0.3, -0.25) is 4.79 Å². The second-order valence-corrected chi connectivity index (χ2v) is 8.62. The van der Waals surface area contributed by atoms with Gasteiger partial charge in [-0.05, 0) is 47.9 Å². The molecule has 140 valence electrons. The van der Waals surface area contributed by atoms with Crippen LogP contribution in [-0.2, 0) is 0 Å². The molecule has 1 amide bonds. The van der Waals surface area contributed by atoms with Crippen LogP contribution in [-0.4, -0.2) is 10.9 Å². The molecule has 2 aromatic carbocycles. The summed E-state index contributed by atoms with van der Waals surface area (Å²) in [6.07, 6.45) is 0. The second kappa shape index (κ2) is 7.74. The highest BCUT2D eigenvalue weighted by Gasteiger charge is 2.15. The van der Waals surface area contributed by atoms with E-state index < -0.39 is 0 Å². The zero-order valence-corrected chi connectivity index (χ0v) is 17.1. The van der Waals surface area contributed by atoms with E-state index in [0.29, 0.717) is 15.8 Å². The molecule has 0 bridgehead atoms. The number of rotatable bonds is 4. The van der Waals surface area contributed by atoms with Crippen molar-refractivity contribution >= 4 is 45.4 Å². The average Bonchev–Trinajstić information content (AvgIpc) is 3.14. The van der Waals surface area contributed by atoms with Gasteiger partial charge in [-0.15, -0.1) is 11.3 Å². The molecule has 0 radical (unpaired) electrons. The molecule has 28 heavy (non-hydrogen) atoms. The van der Waals surface area contributed by atoms with Crippen LogP contribution in [0.25, 0.3) is 21.5 Å². The van der Waals surface area contributed by atoms with Gasteiger partial charge in [-0.2, -0.15) is 0 Å². The number of carbonyl (C=O) groups is 1. The minimum atomic E-state index is -0.153. The second-order valence-electron chi connectivity index (χ2n) is 6.91. The van der Waals surface area contributed by atoms with Gasteiger partial charge < -0.3 is 5.32 Å². The Balaban J connectivity index is 1.73. The number of nitrogens with zero attached hydrogens (tertiary/aromatic N) is 1. The van der Waals surface area contributed by atoms with Crippen molar-refractivity contribution in [3.8, 4) is 10.6 Å². The molecule has 0 atom stereocenters. The quantitative estimate of drug-likeness (QED) is 0.396. The van der Waals surface area contributed by atoms with Crippen LogP contribution in [0.5, 0.6) is 0 Å². The van der Waals surface area contributed by atoms with Crippen LogP contribution in [0.3, 0.4) is 0 Å². The maximum atomic E-state index is 13.1. The van der Waals surface area contributed by atoms with Crippen LogP contribution >= 0.6 is 22.9 Å². The van der Waals surface area contributed by atoms with E-state index in [-0.39, 0.29) is 5.91 Å². The number of aromatic nitrogens is 1. The highest BCUT2D eigenvalue weighted by atomic mass is 35.5. The van der Waals surface area contributed by atoms with Crippen LogP contribution in [0.1, 0.15) is 35.7 Å². The molecule has 5 heteroatoms. The maximum Gasteiger partial charge on any atom is 0.256 e. The third kappa shape index (κ3) is 3.79. The van der Waals surface area contributed by atoms with E-state index in [1.54, 1.807) is 0 Å². The molecule has 0 unspecified atom stereocenters. The smallest absolute Gasteiger partial charge is 0.256 e. The summed E-state index contributed by atoms with van der Waals surface area (Å²) in [5.74, 6) is 0.300. The van der Waals surface area contributed by atoms with Gasteiger partial charge in [0.1, 0.15) is 0 Å². The van der Waals surface area contributed by atoms with Crippen molar-refractivity contribution in [3.63, 3.8) is 0 Å². The molecule has 2 heterocycles. The molecule has 0 aliphatic carbocycles. The molecule has 4 rings (SSSR count). The number of hydrogen-bond donors (Lipinski definition) is 1. The molecule has 0 spiro atoms. The Labute approximate surface area is 173 Å². The number of amides is 1. The summed E-state index contributed by atoms with van der Waals surface area (Å²) in [5, 5.41) is 3.84. The molecule has 0 saturated heterocycles. The van der Waals surface area contributed by atoms with Crippen LogP contribution in [0.2, 0.25) is 4.34 Å². The molecular formula is C23H19ClN2OS. The van der Waals surface area contributed by atoms with E-state index in [9.17, 15) is 4.79 Å². The van der Waals surface area contributed by atoms with Crippen molar-refractivity contribution in [2.75, 3.05) is 5.32 Å². The van der Waals surface area contributed by atoms with Crippen LogP contribution in [0.4, 0.5) is 5.69 Å². The fourth-order valence-corrected chi connectivity index (χ4v) is 4.09. The van der Waals surface area contributed by atoms with Crippen LogP contribution in [0.15, 0.2) is 66.7 Å². The Bertz CT molecular complexity index is 1150. The number of para-hydroxylation sites is 1. The molecular weight excluding hydrogens is 388 g/mol. The third-order valence-corrected chi connectivity index (χ3v) is 5.88. The van der Waals surface area contributed by atoms with E-state index in [2.05, 4.69) is 19.2 Å². The molecule has 0 saturated carbocycles. The lowest BCUT2D eigenvalue weighted by Crippen LogP contribution is -2.13. The molecule has 2 aromatic heterocycles. The van der Waals surface area contributed by atoms with E-state index in [0.717, 1.165) is 27.2 Å². The van der Waals surface area contributed by atoms with Crippen molar-refractivity contribution in [2.24, 2.45) is 0 Å². The van der Waals surface area contributed by atoms with Gasteiger partial charge in [0.25, 0.3) is 5.91 Å². The first kappa shape index (κ1) is 18.7. The summed E-state index contributed by atoms with van der Waals surface area (Å²) >= 11 is 7.53. The van der Waals surface area contributed by atoms with Crippen molar-refractivity contribution in [2.45, 2.75) is 19.8 Å². The minimum Gasteiger partial charge on any atom is -0.322 e. The summed E-state index contributed by atoms with van der Waals surface area (Å²) in [7, 11) is 0. The van der Waals surface area contributed by atoms with Crippen molar-refractivity contribution < 1.29 is 4.79 Å². The highest BCUT2D eigenvalue weighted by molar-refractivity contribution is 7.19. The Morgan fingerprint density at radius 2 is 1.79 bits per heavy atom. The van der Waals surface area contributed by atoms with E-state index in [1.165, 1.54) is 16.9 Å².